The normalized spacial score (nSPS) is 26.6. The van der Waals surface area contributed by atoms with Crippen LogP contribution >= 0.6 is 11.6 Å². The van der Waals surface area contributed by atoms with Gasteiger partial charge < -0.3 is 5.32 Å². The number of carbonyl (C=O) groups excluding carboxylic acids is 2. The smallest absolute Gasteiger partial charge is 0.257 e. The molecule has 1 unspecified atom stereocenters. The van der Waals surface area contributed by atoms with Gasteiger partial charge in [-0.1, -0.05) is 36.9 Å². The van der Waals surface area contributed by atoms with Crippen LogP contribution in [-0.4, -0.2) is 22.3 Å². The standard InChI is InChI=1S/C15H15ClN2O2/c16-10-6-4-5-9-11(10)12-17-14(20)15(18(12)13(9)19)7-2-1-3-8-15/h4-6,12H,1-3,7-8H2,(H,17,20). The molecule has 0 aromatic heterocycles. The molecule has 5 heteroatoms. The molecule has 0 radical (unpaired) electrons. The van der Waals surface area contributed by atoms with E-state index in [4.69, 9.17) is 11.6 Å². The van der Waals surface area contributed by atoms with Gasteiger partial charge in [-0.2, -0.15) is 0 Å². The molecule has 2 fully saturated rings. The average molecular weight is 291 g/mol. The second-order valence-electron chi connectivity index (χ2n) is 5.84. The van der Waals surface area contributed by atoms with Crippen LogP contribution in [-0.2, 0) is 4.79 Å². The summed E-state index contributed by atoms with van der Waals surface area (Å²) in [6.45, 7) is 0. The molecule has 20 heavy (non-hydrogen) atoms. The average Bonchev–Trinajstić information content (AvgIpc) is 2.88. The summed E-state index contributed by atoms with van der Waals surface area (Å²) in [6, 6.07) is 5.36. The summed E-state index contributed by atoms with van der Waals surface area (Å²) in [5.41, 5.74) is 0.741. The Hall–Kier alpha value is -1.55. The lowest BCUT2D eigenvalue weighted by atomic mass is 9.80. The summed E-state index contributed by atoms with van der Waals surface area (Å²) in [6.07, 6.45) is 4.26. The molecule has 1 aromatic carbocycles. The molecule has 4 rings (SSSR count). The largest absolute Gasteiger partial charge is 0.330 e. The van der Waals surface area contributed by atoms with Crippen LogP contribution < -0.4 is 5.32 Å². The number of amides is 2. The Balaban J connectivity index is 1.86. The molecule has 1 atom stereocenters. The van der Waals surface area contributed by atoms with Gasteiger partial charge in [0.05, 0.1) is 0 Å². The van der Waals surface area contributed by atoms with Crippen LogP contribution in [0.25, 0.3) is 0 Å². The monoisotopic (exact) mass is 290 g/mol. The van der Waals surface area contributed by atoms with Crippen molar-refractivity contribution >= 4 is 23.4 Å². The van der Waals surface area contributed by atoms with E-state index >= 15 is 0 Å². The molecule has 1 aliphatic carbocycles. The molecule has 1 saturated heterocycles. The first kappa shape index (κ1) is 12.2. The number of fused-ring (bicyclic) bond motifs is 4. The molecule has 4 nitrogen and oxygen atoms in total. The second kappa shape index (κ2) is 3.98. The van der Waals surface area contributed by atoms with Crippen molar-refractivity contribution in [1.29, 1.82) is 0 Å². The summed E-state index contributed by atoms with van der Waals surface area (Å²) in [4.78, 5) is 27.0. The van der Waals surface area contributed by atoms with Crippen LogP contribution in [0.2, 0.25) is 5.02 Å². The lowest BCUT2D eigenvalue weighted by Crippen LogP contribution is -2.51. The molecule has 0 bridgehead atoms. The maximum absolute atomic E-state index is 12.7. The summed E-state index contributed by atoms with van der Waals surface area (Å²) >= 11 is 6.25. The Morgan fingerprint density at radius 1 is 1.20 bits per heavy atom. The van der Waals surface area contributed by atoms with E-state index < -0.39 is 5.54 Å². The van der Waals surface area contributed by atoms with Gasteiger partial charge >= 0.3 is 0 Å². The predicted molar refractivity (Wildman–Crippen MR) is 74.3 cm³/mol. The van der Waals surface area contributed by atoms with Crippen LogP contribution in [0.5, 0.6) is 0 Å². The van der Waals surface area contributed by atoms with E-state index in [1.54, 1.807) is 23.1 Å². The Kier molecular flexibility index (Phi) is 2.43. The fourth-order valence-electron chi connectivity index (χ4n) is 3.93. The Labute approximate surface area is 122 Å². The SMILES string of the molecule is O=C1c2cccc(Cl)c2C2NC(=O)C3(CCCCC3)N12. The lowest BCUT2D eigenvalue weighted by Gasteiger charge is -2.38. The molecule has 1 spiro atoms. The number of benzene rings is 1. The molecular weight excluding hydrogens is 276 g/mol. The predicted octanol–water partition coefficient (Wildman–Crippen LogP) is 2.63. The third kappa shape index (κ3) is 1.32. The zero-order valence-corrected chi connectivity index (χ0v) is 11.7. The number of nitrogens with one attached hydrogen (secondary N) is 1. The maximum Gasteiger partial charge on any atom is 0.257 e. The molecule has 2 amide bonds. The van der Waals surface area contributed by atoms with Gasteiger partial charge in [0.2, 0.25) is 5.91 Å². The van der Waals surface area contributed by atoms with Crippen LogP contribution in [0.4, 0.5) is 0 Å². The highest BCUT2D eigenvalue weighted by Gasteiger charge is 2.59. The van der Waals surface area contributed by atoms with E-state index in [1.165, 1.54) is 0 Å². The molecule has 1 aromatic rings. The highest BCUT2D eigenvalue weighted by atomic mass is 35.5. The Morgan fingerprint density at radius 2 is 1.95 bits per heavy atom. The van der Waals surface area contributed by atoms with E-state index in [1.807, 2.05) is 0 Å². The van der Waals surface area contributed by atoms with Crippen LogP contribution in [0.3, 0.4) is 0 Å². The van der Waals surface area contributed by atoms with Crippen molar-refractivity contribution in [2.24, 2.45) is 0 Å². The number of halogens is 1. The zero-order chi connectivity index (χ0) is 13.9. The number of rotatable bonds is 0. The van der Waals surface area contributed by atoms with Crippen molar-refractivity contribution in [3.05, 3.63) is 34.3 Å². The maximum atomic E-state index is 12.7. The van der Waals surface area contributed by atoms with Crippen molar-refractivity contribution in [1.82, 2.24) is 10.2 Å². The summed E-state index contributed by atoms with van der Waals surface area (Å²) in [7, 11) is 0. The molecule has 2 heterocycles. The van der Waals surface area contributed by atoms with E-state index in [0.717, 1.165) is 37.7 Å². The summed E-state index contributed by atoms with van der Waals surface area (Å²) in [5.74, 6) is -0.0751. The summed E-state index contributed by atoms with van der Waals surface area (Å²) < 4.78 is 0. The number of hydrogen-bond donors (Lipinski definition) is 1. The highest BCUT2D eigenvalue weighted by molar-refractivity contribution is 6.32. The van der Waals surface area contributed by atoms with E-state index in [-0.39, 0.29) is 18.0 Å². The van der Waals surface area contributed by atoms with Gasteiger partial charge in [-0.15, -0.1) is 0 Å². The van der Waals surface area contributed by atoms with Gasteiger partial charge in [-0.25, -0.2) is 0 Å². The molecule has 104 valence electrons. The minimum atomic E-state index is -0.650. The van der Waals surface area contributed by atoms with Crippen LogP contribution in [0.15, 0.2) is 18.2 Å². The Bertz CT molecular complexity index is 622. The van der Waals surface area contributed by atoms with Gasteiger partial charge in [0.1, 0.15) is 11.7 Å². The first-order chi connectivity index (χ1) is 9.65. The highest BCUT2D eigenvalue weighted by Crippen LogP contribution is 2.49. The van der Waals surface area contributed by atoms with Crippen molar-refractivity contribution in [3.63, 3.8) is 0 Å². The topological polar surface area (TPSA) is 49.4 Å². The summed E-state index contributed by atoms with van der Waals surface area (Å²) in [5, 5.41) is 3.54. The van der Waals surface area contributed by atoms with E-state index in [9.17, 15) is 9.59 Å². The lowest BCUT2D eigenvalue weighted by molar-refractivity contribution is -0.127. The molecular formula is C15H15ClN2O2. The van der Waals surface area contributed by atoms with Crippen molar-refractivity contribution < 1.29 is 9.59 Å². The van der Waals surface area contributed by atoms with Gasteiger partial charge in [0.15, 0.2) is 0 Å². The number of nitrogens with zero attached hydrogens (tertiary/aromatic N) is 1. The van der Waals surface area contributed by atoms with Crippen molar-refractivity contribution in [2.45, 2.75) is 43.8 Å². The number of hydrogen-bond acceptors (Lipinski definition) is 2. The minimum Gasteiger partial charge on any atom is -0.330 e. The molecule has 1 N–H and O–H groups in total. The number of carbonyl (C=O) groups is 2. The zero-order valence-electron chi connectivity index (χ0n) is 11.0. The minimum absolute atomic E-state index is 0.0129. The Morgan fingerprint density at radius 3 is 2.70 bits per heavy atom. The third-order valence-corrected chi connectivity index (χ3v) is 5.20. The van der Waals surface area contributed by atoms with Crippen LogP contribution in [0, 0.1) is 0 Å². The fourth-order valence-corrected chi connectivity index (χ4v) is 4.21. The van der Waals surface area contributed by atoms with Gasteiger partial charge in [-0.3, -0.25) is 14.5 Å². The molecule has 2 aliphatic heterocycles. The second-order valence-corrected chi connectivity index (χ2v) is 6.25. The van der Waals surface area contributed by atoms with Gasteiger partial charge in [-0.05, 0) is 25.0 Å². The first-order valence-electron chi connectivity index (χ1n) is 7.08. The molecule has 3 aliphatic rings. The van der Waals surface area contributed by atoms with Gasteiger partial charge in [0.25, 0.3) is 5.91 Å². The van der Waals surface area contributed by atoms with E-state index in [0.29, 0.717) is 10.6 Å². The van der Waals surface area contributed by atoms with Crippen molar-refractivity contribution in [3.8, 4) is 0 Å². The van der Waals surface area contributed by atoms with E-state index in [2.05, 4.69) is 5.32 Å². The first-order valence-corrected chi connectivity index (χ1v) is 7.46. The van der Waals surface area contributed by atoms with Gasteiger partial charge in [0, 0.05) is 16.1 Å². The van der Waals surface area contributed by atoms with Crippen molar-refractivity contribution in [2.75, 3.05) is 0 Å². The van der Waals surface area contributed by atoms with Crippen LogP contribution in [0.1, 0.15) is 54.2 Å². The molecule has 1 saturated carbocycles. The quantitative estimate of drug-likeness (QED) is 0.798. The third-order valence-electron chi connectivity index (χ3n) is 4.87. The fraction of sp³-hybridized carbons (Fsp3) is 0.467.